The van der Waals surface area contributed by atoms with E-state index in [1.807, 2.05) is 0 Å². The Balaban J connectivity index is 1.70. The van der Waals surface area contributed by atoms with Gasteiger partial charge in [0.25, 0.3) is 0 Å². The lowest BCUT2D eigenvalue weighted by molar-refractivity contribution is 0.0158. The van der Waals surface area contributed by atoms with Crippen LogP contribution in [0.5, 0.6) is 0 Å². The van der Waals surface area contributed by atoms with E-state index in [0.717, 1.165) is 19.7 Å². The molecule has 1 unspecified atom stereocenters. The summed E-state index contributed by atoms with van der Waals surface area (Å²) in [4.78, 5) is 0. The van der Waals surface area contributed by atoms with Gasteiger partial charge in [-0.2, -0.15) is 0 Å². The summed E-state index contributed by atoms with van der Waals surface area (Å²) in [5.74, 6) is 0. The molecule has 1 N–H and O–H groups in total. The molecule has 1 aliphatic carbocycles. The van der Waals surface area contributed by atoms with Crippen LogP contribution in [0.4, 0.5) is 0 Å². The van der Waals surface area contributed by atoms with Gasteiger partial charge in [0.15, 0.2) is 0 Å². The average molecular weight is 245 g/mol. The van der Waals surface area contributed by atoms with Crippen molar-refractivity contribution >= 4 is 0 Å². The predicted molar refractivity (Wildman–Crippen MR) is 73.6 cm³/mol. The van der Waals surface area contributed by atoms with Crippen molar-refractivity contribution < 1.29 is 4.74 Å². The third-order valence-corrected chi connectivity index (χ3v) is 4.53. The molecule has 3 rings (SSSR count). The highest BCUT2D eigenvalue weighted by atomic mass is 16.5. The van der Waals surface area contributed by atoms with Crippen molar-refractivity contribution in [3.63, 3.8) is 0 Å². The number of ether oxygens (including phenoxy) is 1. The first kappa shape index (κ1) is 12.2. The molecule has 1 saturated carbocycles. The smallest absolute Gasteiger partial charge is 0.0949 e. The minimum absolute atomic E-state index is 0.227. The molecule has 0 radical (unpaired) electrons. The Morgan fingerprint density at radius 1 is 1.17 bits per heavy atom. The van der Waals surface area contributed by atoms with Gasteiger partial charge in [0.05, 0.1) is 12.7 Å². The number of nitrogens with one attached hydrogen (secondary N) is 1. The molecule has 0 bridgehead atoms. The van der Waals surface area contributed by atoms with E-state index in [1.54, 1.807) is 0 Å². The first-order valence-corrected chi connectivity index (χ1v) is 7.16. The highest BCUT2D eigenvalue weighted by molar-refractivity contribution is 5.23. The lowest BCUT2D eigenvalue weighted by Gasteiger charge is -2.26. The Kier molecular flexibility index (Phi) is 3.40. The Morgan fingerprint density at radius 3 is 2.61 bits per heavy atom. The van der Waals surface area contributed by atoms with Gasteiger partial charge in [0.1, 0.15) is 0 Å². The van der Waals surface area contributed by atoms with Gasteiger partial charge in [-0.05, 0) is 25.3 Å². The molecule has 1 atom stereocenters. The molecule has 1 heterocycles. The van der Waals surface area contributed by atoms with E-state index in [-0.39, 0.29) is 6.10 Å². The van der Waals surface area contributed by atoms with Crippen molar-refractivity contribution in [2.24, 2.45) is 5.41 Å². The van der Waals surface area contributed by atoms with E-state index in [1.165, 1.54) is 36.8 Å². The molecule has 2 heteroatoms. The van der Waals surface area contributed by atoms with Gasteiger partial charge in [-0.1, -0.05) is 42.7 Å². The number of hydrogen-bond acceptors (Lipinski definition) is 2. The number of aryl methyl sites for hydroxylation is 1. The van der Waals surface area contributed by atoms with Gasteiger partial charge in [0.2, 0.25) is 0 Å². The van der Waals surface area contributed by atoms with Crippen molar-refractivity contribution in [1.82, 2.24) is 5.32 Å². The van der Waals surface area contributed by atoms with Crippen LogP contribution >= 0.6 is 0 Å². The SMILES string of the molecule is Cc1ccc(C2CNCC3(CCCC3)CO2)cc1. The van der Waals surface area contributed by atoms with Crippen LogP contribution in [0.1, 0.15) is 42.9 Å². The molecule has 1 aromatic rings. The zero-order chi connectivity index (χ0) is 12.4. The maximum atomic E-state index is 6.20. The molecule has 1 aliphatic heterocycles. The van der Waals surface area contributed by atoms with Crippen molar-refractivity contribution in [3.8, 4) is 0 Å². The minimum atomic E-state index is 0.227. The normalized spacial score (nSPS) is 27.3. The molecule has 2 fully saturated rings. The molecule has 0 aromatic heterocycles. The second-order valence-electron chi connectivity index (χ2n) is 6.05. The summed E-state index contributed by atoms with van der Waals surface area (Å²) in [5, 5.41) is 3.62. The number of benzene rings is 1. The van der Waals surface area contributed by atoms with Crippen molar-refractivity contribution in [3.05, 3.63) is 35.4 Å². The quantitative estimate of drug-likeness (QED) is 0.820. The molecule has 1 aromatic carbocycles. The van der Waals surface area contributed by atoms with E-state index in [0.29, 0.717) is 5.41 Å². The van der Waals surface area contributed by atoms with Crippen LogP contribution in [0.25, 0.3) is 0 Å². The second kappa shape index (κ2) is 5.02. The summed E-state index contributed by atoms with van der Waals surface area (Å²) in [7, 11) is 0. The Hall–Kier alpha value is -0.860. The lowest BCUT2D eigenvalue weighted by atomic mass is 9.87. The zero-order valence-electron chi connectivity index (χ0n) is 11.2. The van der Waals surface area contributed by atoms with Crippen LogP contribution < -0.4 is 5.32 Å². The van der Waals surface area contributed by atoms with Crippen LogP contribution in [0, 0.1) is 12.3 Å². The molecule has 98 valence electrons. The molecule has 0 amide bonds. The predicted octanol–water partition coefficient (Wildman–Crippen LogP) is 3.22. The Morgan fingerprint density at radius 2 is 1.89 bits per heavy atom. The molecular formula is C16H23NO. The molecule has 2 aliphatic rings. The van der Waals surface area contributed by atoms with Crippen LogP contribution in [0.3, 0.4) is 0 Å². The third kappa shape index (κ3) is 2.45. The monoisotopic (exact) mass is 245 g/mol. The van der Waals surface area contributed by atoms with E-state index in [4.69, 9.17) is 4.74 Å². The molecule has 1 spiro atoms. The number of hydrogen-bond donors (Lipinski definition) is 1. The maximum Gasteiger partial charge on any atom is 0.0949 e. The standard InChI is InChI=1S/C16H23NO/c1-13-4-6-14(7-5-13)15-10-17-11-16(12-18-15)8-2-3-9-16/h4-7,15,17H,2-3,8-12H2,1H3. The summed E-state index contributed by atoms with van der Waals surface area (Å²) < 4.78 is 6.20. The zero-order valence-corrected chi connectivity index (χ0v) is 11.2. The summed E-state index contributed by atoms with van der Waals surface area (Å²) in [6.45, 7) is 5.14. The van der Waals surface area contributed by atoms with Gasteiger partial charge in [-0.3, -0.25) is 0 Å². The highest BCUT2D eigenvalue weighted by Crippen LogP contribution is 2.40. The maximum absolute atomic E-state index is 6.20. The lowest BCUT2D eigenvalue weighted by Crippen LogP contribution is -2.32. The van der Waals surface area contributed by atoms with Crippen molar-refractivity contribution in [1.29, 1.82) is 0 Å². The summed E-state index contributed by atoms with van der Waals surface area (Å²) in [5.41, 5.74) is 3.05. The fraction of sp³-hybridized carbons (Fsp3) is 0.625. The third-order valence-electron chi connectivity index (χ3n) is 4.53. The van der Waals surface area contributed by atoms with Crippen LogP contribution in [-0.4, -0.2) is 19.7 Å². The van der Waals surface area contributed by atoms with E-state index in [2.05, 4.69) is 36.5 Å². The van der Waals surface area contributed by atoms with Gasteiger partial charge in [-0.15, -0.1) is 0 Å². The van der Waals surface area contributed by atoms with Crippen molar-refractivity contribution in [2.45, 2.75) is 38.7 Å². The molecule has 1 saturated heterocycles. The topological polar surface area (TPSA) is 21.3 Å². The Bertz CT molecular complexity index is 392. The first-order chi connectivity index (χ1) is 8.77. The summed E-state index contributed by atoms with van der Waals surface area (Å²) in [6.07, 6.45) is 5.65. The fourth-order valence-electron chi connectivity index (χ4n) is 3.30. The highest BCUT2D eigenvalue weighted by Gasteiger charge is 2.36. The second-order valence-corrected chi connectivity index (χ2v) is 6.05. The van der Waals surface area contributed by atoms with E-state index >= 15 is 0 Å². The molecule has 18 heavy (non-hydrogen) atoms. The van der Waals surface area contributed by atoms with E-state index < -0.39 is 0 Å². The molecule has 2 nitrogen and oxygen atoms in total. The summed E-state index contributed by atoms with van der Waals surface area (Å²) >= 11 is 0. The van der Waals surface area contributed by atoms with E-state index in [9.17, 15) is 0 Å². The van der Waals surface area contributed by atoms with Crippen LogP contribution in [0.15, 0.2) is 24.3 Å². The first-order valence-electron chi connectivity index (χ1n) is 7.16. The summed E-state index contributed by atoms with van der Waals surface area (Å²) in [6, 6.07) is 8.76. The van der Waals surface area contributed by atoms with Gasteiger partial charge in [0, 0.05) is 18.5 Å². The number of rotatable bonds is 1. The average Bonchev–Trinajstić information content (AvgIpc) is 2.73. The van der Waals surface area contributed by atoms with Crippen LogP contribution in [0.2, 0.25) is 0 Å². The minimum Gasteiger partial charge on any atom is -0.372 e. The van der Waals surface area contributed by atoms with Gasteiger partial charge >= 0.3 is 0 Å². The van der Waals surface area contributed by atoms with Crippen molar-refractivity contribution in [2.75, 3.05) is 19.7 Å². The largest absolute Gasteiger partial charge is 0.372 e. The van der Waals surface area contributed by atoms with Gasteiger partial charge < -0.3 is 10.1 Å². The van der Waals surface area contributed by atoms with Gasteiger partial charge in [-0.25, -0.2) is 0 Å². The fourth-order valence-corrected chi connectivity index (χ4v) is 3.30. The molecular weight excluding hydrogens is 222 g/mol. The Labute approximate surface area is 110 Å². The van der Waals surface area contributed by atoms with Crippen LogP contribution in [-0.2, 0) is 4.74 Å².